The Hall–Kier alpha value is -4.32. The van der Waals surface area contributed by atoms with Crippen LogP contribution in [0.5, 0.6) is 11.5 Å². The van der Waals surface area contributed by atoms with E-state index in [1.165, 1.54) is 6.07 Å². The first-order valence-corrected chi connectivity index (χ1v) is 9.97. The van der Waals surface area contributed by atoms with Crippen LogP contribution in [0.25, 0.3) is 33.1 Å². The van der Waals surface area contributed by atoms with Crippen LogP contribution >= 0.6 is 0 Å². The van der Waals surface area contributed by atoms with Gasteiger partial charge in [0, 0.05) is 28.5 Å². The lowest BCUT2D eigenvalue weighted by Crippen LogP contribution is -2.06. The van der Waals surface area contributed by atoms with Crippen LogP contribution in [0.2, 0.25) is 0 Å². The molecule has 0 unspecified atom stereocenters. The molecule has 0 aliphatic rings. The summed E-state index contributed by atoms with van der Waals surface area (Å²) in [5.41, 5.74) is 1.42. The third-order valence-electron chi connectivity index (χ3n) is 5.19. The number of fused-ring (bicyclic) bond motifs is 2. The van der Waals surface area contributed by atoms with E-state index in [0.29, 0.717) is 40.0 Å². The maximum Gasteiger partial charge on any atom is 0.344 e. The molecular formula is C26H18O6. The van der Waals surface area contributed by atoms with Gasteiger partial charge in [-0.1, -0.05) is 30.3 Å². The minimum Gasteiger partial charge on any atom is -0.497 e. The average Bonchev–Trinajstić information content (AvgIpc) is 2.81. The number of hydrogen-bond donors (Lipinski definition) is 0. The topological polar surface area (TPSA) is 78.9 Å². The lowest BCUT2D eigenvalue weighted by Gasteiger charge is -2.10. The normalized spacial score (nSPS) is 11.0. The summed E-state index contributed by atoms with van der Waals surface area (Å²) >= 11 is 0. The predicted molar refractivity (Wildman–Crippen MR) is 121 cm³/mol. The van der Waals surface area contributed by atoms with Gasteiger partial charge in [0.05, 0.1) is 12.7 Å². The third-order valence-corrected chi connectivity index (χ3v) is 5.19. The van der Waals surface area contributed by atoms with Crippen LogP contribution in [-0.2, 0) is 6.61 Å². The fourth-order valence-corrected chi connectivity index (χ4v) is 3.63. The second-order valence-electron chi connectivity index (χ2n) is 7.26. The maximum absolute atomic E-state index is 12.6. The van der Waals surface area contributed by atoms with Crippen molar-refractivity contribution in [2.75, 3.05) is 7.11 Å². The Bertz CT molecular complexity index is 1560. The van der Waals surface area contributed by atoms with Crippen LogP contribution in [0.1, 0.15) is 5.56 Å². The molecule has 0 spiro atoms. The van der Waals surface area contributed by atoms with E-state index in [2.05, 4.69) is 0 Å². The van der Waals surface area contributed by atoms with Crippen molar-refractivity contribution >= 4 is 21.9 Å². The number of ether oxygens (including phenoxy) is 2. The summed E-state index contributed by atoms with van der Waals surface area (Å²) in [6, 6.07) is 23.0. The second kappa shape index (κ2) is 8.07. The van der Waals surface area contributed by atoms with E-state index >= 15 is 0 Å². The van der Waals surface area contributed by atoms with Gasteiger partial charge in [-0.3, -0.25) is 0 Å². The molecule has 6 heteroatoms. The fourth-order valence-electron chi connectivity index (χ4n) is 3.63. The van der Waals surface area contributed by atoms with Crippen molar-refractivity contribution in [2.45, 2.75) is 6.61 Å². The number of methoxy groups -OCH3 is 1. The quantitative estimate of drug-likeness (QED) is 0.362. The lowest BCUT2D eigenvalue weighted by atomic mass is 10.0. The summed E-state index contributed by atoms with van der Waals surface area (Å²) < 4.78 is 21.9. The van der Waals surface area contributed by atoms with Crippen molar-refractivity contribution in [1.82, 2.24) is 0 Å². The van der Waals surface area contributed by atoms with Crippen molar-refractivity contribution < 1.29 is 18.3 Å². The summed E-state index contributed by atoms with van der Waals surface area (Å²) in [5.74, 6) is 1.28. The molecule has 32 heavy (non-hydrogen) atoms. The Morgan fingerprint density at radius 1 is 0.750 bits per heavy atom. The van der Waals surface area contributed by atoms with Crippen LogP contribution in [0.3, 0.4) is 0 Å². The molecule has 0 N–H and O–H groups in total. The maximum atomic E-state index is 12.6. The van der Waals surface area contributed by atoms with Crippen LogP contribution in [0.4, 0.5) is 0 Å². The Morgan fingerprint density at radius 3 is 2.50 bits per heavy atom. The number of rotatable bonds is 5. The van der Waals surface area contributed by atoms with Crippen molar-refractivity contribution in [2.24, 2.45) is 0 Å². The first-order chi connectivity index (χ1) is 15.6. The molecule has 2 aromatic heterocycles. The van der Waals surface area contributed by atoms with Gasteiger partial charge in [-0.2, -0.15) is 0 Å². The first-order valence-electron chi connectivity index (χ1n) is 9.97. The van der Waals surface area contributed by atoms with Gasteiger partial charge in [-0.05, 0) is 42.0 Å². The summed E-state index contributed by atoms with van der Waals surface area (Å²) in [7, 11) is 1.61. The molecule has 3 aromatic carbocycles. The molecule has 0 saturated carbocycles. The van der Waals surface area contributed by atoms with E-state index in [4.69, 9.17) is 18.3 Å². The number of hydrogen-bond acceptors (Lipinski definition) is 6. The molecule has 0 saturated heterocycles. The van der Waals surface area contributed by atoms with Gasteiger partial charge >= 0.3 is 11.3 Å². The number of para-hydroxylation sites is 1. The van der Waals surface area contributed by atoms with Gasteiger partial charge in [0.1, 0.15) is 29.3 Å². The van der Waals surface area contributed by atoms with E-state index < -0.39 is 11.3 Å². The van der Waals surface area contributed by atoms with Gasteiger partial charge in [-0.15, -0.1) is 0 Å². The lowest BCUT2D eigenvalue weighted by molar-refractivity contribution is 0.305. The molecule has 5 aromatic rings. The highest BCUT2D eigenvalue weighted by molar-refractivity contribution is 5.95. The van der Waals surface area contributed by atoms with Crippen molar-refractivity contribution in [1.29, 1.82) is 0 Å². The molecule has 0 bridgehead atoms. The highest BCUT2D eigenvalue weighted by atomic mass is 16.5. The summed E-state index contributed by atoms with van der Waals surface area (Å²) in [6.45, 7) is 0.320. The van der Waals surface area contributed by atoms with Crippen LogP contribution in [-0.4, -0.2) is 7.11 Å². The minimum absolute atomic E-state index is 0.298. The Kier molecular flexibility index (Phi) is 4.95. The molecule has 6 nitrogen and oxygen atoms in total. The van der Waals surface area contributed by atoms with Crippen LogP contribution in [0.15, 0.2) is 97.3 Å². The molecule has 0 aliphatic carbocycles. The van der Waals surface area contributed by atoms with Crippen LogP contribution in [0, 0.1) is 0 Å². The van der Waals surface area contributed by atoms with E-state index in [1.807, 2.05) is 36.4 Å². The van der Waals surface area contributed by atoms with Gasteiger partial charge in [0.25, 0.3) is 0 Å². The van der Waals surface area contributed by atoms with E-state index in [9.17, 15) is 9.59 Å². The zero-order valence-corrected chi connectivity index (χ0v) is 17.2. The van der Waals surface area contributed by atoms with Gasteiger partial charge in [0.2, 0.25) is 0 Å². The Labute approximate surface area is 182 Å². The molecule has 0 aliphatic heterocycles. The predicted octanol–water partition coefficient (Wildman–Crippen LogP) is 5.15. The largest absolute Gasteiger partial charge is 0.497 e. The minimum atomic E-state index is -0.565. The monoisotopic (exact) mass is 426 g/mol. The van der Waals surface area contributed by atoms with E-state index in [1.54, 1.807) is 43.5 Å². The molecule has 2 heterocycles. The van der Waals surface area contributed by atoms with Gasteiger partial charge in [0.15, 0.2) is 0 Å². The highest BCUT2D eigenvalue weighted by Gasteiger charge is 2.14. The SMILES string of the molecule is COc1cccc(COc2ccc3c(-c4cc5ccccc5oc4=O)cc(=O)oc3c2)c1. The van der Waals surface area contributed by atoms with Gasteiger partial charge < -0.3 is 18.3 Å². The standard InChI is InChI=1S/C26H18O6/c1-29-18-7-4-5-16(11-18)15-30-19-9-10-20-21(14-25(27)31-24(20)13-19)22-12-17-6-2-3-8-23(17)32-26(22)28/h2-14H,15H2,1H3. The number of benzene rings is 3. The summed E-state index contributed by atoms with van der Waals surface area (Å²) in [5, 5.41) is 1.38. The average molecular weight is 426 g/mol. The van der Waals surface area contributed by atoms with Crippen molar-refractivity contribution in [3.63, 3.8) is 0 Å². The van der Waals surface area contributed by atoms with E-state index in [-0.39, 0.29) is 0 Å². The molecule has 0 amide bonds. The highest BCUT2D eigenvalue weighted by Crippen LogP contribution is 2.30. The smallest absolute Gasteiger partial charge is 0.344 e. The Morgan fingerprint density at radius 2 is 1.62 bits per heavy atom. The fraction of sp³-hybridized carbons (Fsp3) is 0.0769. The zero-order chi connectivity index (χ0) is 22.1. The van der Waals surface area contributed by atoms with Gasteiger partial charge in [-0.25, -0.2) is 9.59 Å². The molecule has 158 valence electrons. The van der Waals surface area contributed by atoms with Crippen LogP contribution < -0.4 is 20.7 Å². The first kappa shape index (κ1) is 19.6. The Balaban J connectivity index is 1.54. The summed E-state index contributed by atoms with van der Waals surface area (Å²) in [4.78, 5) is 24.9. The zero-order valence-electron chi connectivity index (χ0n) is 17.2. The molecule has 0 radical (unpaired) electrons. The molecular weight excluding hydrogens is 408 g/mol. The van der Waals surface area contributed by atoms with Crippen molar-refractivity contribution in [3.05, 3.63) is 105 Å². The molecule has 5 rings (SSSR count). The van der Waals surface area contributed by atoms with E-state index in [0.717, 1.165) is 16.7 Å². The molecule has 0 atom stereocenters. The van der Waals surface area contributed by atoms with Crippen molar-refractivity contribution in [3.8, 4) is 22.6 Å². The third kappa shape index (κ3) is 3.74. The second-order valence-corrected chi connectivity index (χ2v) is 7.26. The molecule has 0 fully saturated rings. The summed E-state index contributed by atoms with van der Waals surface area (Å²) in [6.07, 6.45) is 0.